The SMILES string of the molecule is CC(F)(F)c1ccc(CC2CNCCO2)cc1. The van der Waals surface area contributed by atoms with Crippen molar-refractivity contribution in [3.8, 4) is 0 Å². The number of ether oxygens (including phenoxy) is 1. The van der Waals surface area contributed by atoms with Crippen LogP contribution in [0.3, 0.4) is 0 Å². The number of alkyl halides is 2. The molecule has 17 heavy (non-hydrogen) atoms. The molecule has 94 valence electrons. The Bertz CT molecular complexity index is 353. The molecule has 0 spiro atoms. The molecule has 2 rings (SSSR count). The molecule has 0 aromatic heterocycles. The van der Waals surface area contributed by atoms with Crippen molar-refractivity contribution >= 4 is 0 Å². The van der Waals surface area contributed by atoms with Gasteiger partial charge in [-0.1, -0.05) is 24.3 Å². The van der Waals surface area contributed by atoms with Gasteiger partial charge in [0.25, 0.3) is 5.92 Å². The van der Waals surface area contributed by atoms with Gasteiger partial charge in [-0.05, 0) is 12.0 Å². The molecular weight excluding hydrogens is 224 g/mol. The van der Waals surface area contributed by atoms with Gasteiger partial charge >= 0.3 is 0 Å². The fourth-order valence-corrected chi connectivity index (χ4v) is 1.95. The van der Waals surface area contributed by atoms with Gasteiger partial charge in [0.05, 0.1) is 12.7 Å². The monoisotopic (exact) mass is 241 g/mol. The molecule has 1 aromatic rings. The third-order valence-electron chi connectivity index (χ3n) is 2.93. The normalized spacial score (nSPS) is 21.5. The summed E-state index contributed by atoms with van der Waals surface area (Å²) in [6, 6.07) is 6.49. The maximum absolute atomic E-state index is 13.0. The van der Waals surface area contributed by atoms with Gasteiger partial charge in [-0.15, -0.1) is 0 Å². The number of halogens is 2. The number of hydrogen-bond acceptors (Lipinski definition) is 2. The molecule has 4 heteroatoms. The molecule has 1 fully saturated rings. The van der Waals surface area contributed by atoms with Gasteiger partial charge < -0.3 is 10.1 Å². The van der Waals surface area contributed by atoms with Gasteiger partial charge in [-0.25, -0.2) is 8.78 Å². The highest BCUT2D eigenvalue weighted by atomic mass is 19.3. The fraction of sp³-hybridized carbons (Fsp3) is 0.538. The van der Waals surface area contributed by atoms with Gasteiger partial charge in [-0.2, -0.15) is 0 Å². The number of hydrogen-bond donors (Lipinski definition) is 1. The van der Waals surface area contributed by atoms with Crippen molar-refractivity contribution in [2.45, 2.75) is 25.4 Å². The third-order valence-corrected chi connectivity index (χ3v) is 2.93. The first kappa shape index (κ1) is 12.5. The van der Waals surface area contributed by atoms with Crippen LogP contribution in [-0.2, 0) is 17.1 Å². The summed E-state index contributed by atoms with van der Waals surface area (Å²) < 4.78 is 31.6. The second kappa shape index (κ2) is 5.10. The molecule has 0 saturated carbocycles. The lowest BCUT2D eigenvalue weighted by atomic mass is 10.0. The molecule has 1 aromatic carbocycles. The van der Waals surface area contributed by atoms with Crippen LogP contribution in [0.1, 0.15) is 18.1 Å². The minimum Gasteiger partial charge on any atom is -0.375 e. The standard InChI is InChI=1S/C13H17F2NO/c1-13(14,15)11-4-2-10(3-5-11)8-12-9-16-6-7-17-12/h2-5,12,16H,6-9H2,1H3. The van der Waals surface area contributed by atoms with E-state index in [1.54, 1.807) is 12.1 Å². The second-order valence-electron chi connectivity index (χ2n) is 4.49. The molecule has 1 atom stereocenters. The largest absolute Gasteiger partial charge is 0.375 e. The van der Waals surface area contributed by atoms with Gasteiger partial charge in [0.1, 0.15) is 0 Å². The zero-order valence-electron chi connectivity index (χ0n) is 9.88. The van der Waals surface area contributed by atoms with E-state index in [1.165, 1.54) is 12.1 Å². The van der Waals surface area contributed by atoms with Crippen LogP contribution < -0.4 is 5.32 Å². The Morgan fingerprint density at radius 1 is 1.35 bits per heavy atom. The van der Waals surface area contributed by atoms with Crippen LogP contribution in [-0.4, -0.2) is 25.8 Å². The predicted octanol–water partition coefficient (Wildman–Crippen LogP) is 2.33. The van der Waals surface area contributed by atoms with Crippen LogP contribution in [0, 0.1) is 0 Å². The summed E-state index contributed by atoms with van der Waals surface area (Å²) in [5, 5.41) is 3.25. The maximum Gasteiger partial charge on any atom is 0.270 e. The Morgan fingerprint density at radius 3 is 2.59 bits per heavy atom. The summed E-state index contributed by atoms with van der Waals surface area (Å²) in [5.74, 6) is -2.76. The van der Waals surface area contributed by atoms with E-state index in [0.29, 0.717) is 0 Å². The molecule has 1 aliphatic rings. The first-order chi connectivity index (χ1) is 8.05. The summed E-state index contributed by atoms with van der Waals surface area (Å²) in [7, 11) is 0. The number of rotatable bonds is 3. The van der Waals surface area contributed by atoms with E-state index in [1.807, 2.05) is 0 Å². The minimum absolute atomic E-state index is 0.0592. The Hall–Kier alpha value is -1.00. The quantitative estimate of drug-likeness (QED) is 0.877. The average molecular weight is 241 g/mol. The smallest absolute Gasteiger partial charge is 0.270 e. The predicted molar refractivity (Wildman–Crippen MR) is 62.3 cm³/mol. The Morgan fingerprint density at radius 2 is 2.06 bits per heavy atom. The first-order valence-corrected chi connectivity index (χ1v) is 5.85. The number of nitrogens with one attached hydrogen (secondary N) is 1. The van der Waals surface area contributed by atoms with Crippen molar-refractivity contribution in [3.05, 3.63) is 35.4 Å². The maximum atomic E-state index is 13.0. The zero-order valence-corrected chi connectivity index (χ0v) is 9.88. The third kappa shape index (κ3) is 3.48. The molecule has 0 radical (unpaired) electrons. The molecule has 0 aliphatic carbocycles. The molecule has 0 bridgehead atoms. The lowest BCUT2D eigenvalue weighted by Gasteiger charge is -2.23. The Kier molecular flexibility index (Phi) is 3.74. The summed E-state index contributed by atoms with van der Waals surface area (Å²) in [6.07, 6.45) is 0.916. The van der Waals surface area contributed by atoms with Crippen LogP contribution in [0.25, 0.3) is 0 Å². The van der Waals surface area contributed by atoms with Gasteiger partial charge in [0, 0.05) is 25.6 Å². The molecule has 1 saturated heterocycles. The molecule has 0 amide bonds. The van der Waals surface area contributed by atoms with Gasteiger partial charge in [0.15, 0.2) is 0 Å². The van der Waals surface area contributed by atoms with E-state index in [-0.39, 0.29) is 11.7 Å². The summed E-state index contributed by atoms with van der Waals surface area (Å²) in [5.41, 5.74) is 1.09. The van der Waals surface area contributed by atoms with Crippen molar-refractivity contribution in [3.63, 3.8) is 0 Å². The van der Waals surface area contributed by atoms with Gasteiger partial charge in [-0.3, -0.25) is 0 Å². The van der Waals surface area contributed by atoms with E-state index in [9.17, 15) is 8.78 Å². The van der Waals surface area contributed by atoms with Crippen molar-refractivity contribution in [1.29, 1.82) is 0 Å². The second-order valence-corrected chi connectivity index (χ2v) is 4.49. The average Bonchev–Trinajstić information content (AvgIpc) is 2.30. The van der Waals surface area contributed by atoms with Crippen LogP contribution in [0.4, 0.5) is 8.78 Å². The zero-order chi connectivity index (χ0) is 12.3. The highest BCUT2D eigenvalue weighted by molar-refractivity contribution is 5.25. The number of benzene rings is 1. The van der Waals surface area contributed by atoms with Crippen LogP contribution >= 0.6 is 0 Å². The molecule has 1 aliphatic heterocycles. The number of morpholine rings is 1. The molecule has 2 nitrogen and oxygen atoms in total. The fourth-order valence-electron chi connectivity index (χ4n) is 1.95. The van der Waals surface area contributed by atoms with E-state index in [0.717, 1.165) is 38.6 Å². The summed E-state index contributed by atoms with van der Waals surface area (Å²) in [4.78, 5) is 0. The summed E-state index contributed by atoms with van der Waals surface area (Å²) in [6.45, 7) is 3.34. The van der Waals surface area contributed by atoms with E-state index in [2.05, 4.69) is 5.32 Å². The highest BCUT2D eigenvalue weighted by Gasteiger charge is 2.23. The van der Waals surface area contributed by atoms with Crippen LogP contribution in [0.15, 0.2) is 24.3 Å². The molecule has 1 unspecified atom stereocenters. The summed E-state index contributed by atoms with van der Waals surface area (Å²) >= 11 is 0. The van der Waals surface area contributed by atoms with Crippen molar-refractivity contribution in [1.82, 2.24) is 5.32 Å². The lowest BCUT2D eigenvalue weighted by molar-refractivity contribution is 0.0174. The van der Waals surface area contributed by atoms with Crippen molar-refractivity contribution in [2.75, 3.05) is 19.7 Å². The van der Waals surface area contributed by atoms with Crippen LogP contribution in [0.5, 0.6) is 0 Å². The van der Waals surface area contributed by atoms with Crippen molar-refractivity contribution in [2.24, 2.45) is 0 Å². The first-order valence-electron chi connectivity index (χ1n) is 5.85. The molecular formula is C13H17F2NO. The Balaban J connectivity index is 1.98. The van der Waals surface area contributed by atoms with Gasteiger partial charge in [0.2, 0.25) is 0 Å². The van der Waals surface area contributed by atoms with Crippen LogP contribution in [0.2, 0.25) is 0 Å². The Labute approximate surface area is 100.0 Å². The van der Waals surface area contributed by atoms with Crippen molar-refractivity contribution < 1.29 is 13.5 Å². The molecule has 1 heterocycles. The minimum atomic E-state index is -2.76. The van der Waals surface area contributed by atoms with E-state index < -0.39 is 5.92 Å². The topological polar surface area (TPSA) is 21.3 Å². The lowest BCUT2D eigenvalue weighted by Crippen LogP contribution is -2.39. The van der Waals surface area contributed by atoms with E-state index >= 15 is 0 Å². The van der Waals surface area contributed by atoms with E-state index in [4.69, 9.17) is 4.74 Å². The highest BCUT2D eigenvalue weighted by Crippen LogP contribution is 2.27. The molecule has 1 N–H and O–H groups in total.